The lowest BCUT2D eigenvalue weighted by atomic mass is 9.93. The minimum atomic E-state index is 0.610. The Bertz CT molecular complexity index is 377. The molecule has 1 N–H and O–H groups in total. The van der Waals surface area contributed by atoms with Crippen molar-refractivity contribution in [3.8, 4) is 5.75 Å². The molecule has 0 fully saturated rings. The highest BCUT2D eigenvalue weighted by molar-refractivity contribution is 5.37. The van der Waals surface area contributed by atoms with Gasteiger partial charge in [-0.1, -0.05) is 44.4 Å². The number of fused-ring (bicyclic) bond motifs is 1. The van der Waals surface area contributed by atoms with Crippen molar-refractivity contribution in [3.05, 3.63) is 29.8 Å². The molecular formula is C17H27NO. The summed E-state index contributed by atoms with van der Waals surface area (Å²) in [5.74, 6) is 1.69. The van der Waals surface area contributed by atoms with Crippen LogP contribution in [0.3, 0.4) is 0 Å². The highest BCUT2D eigenvalue weighted by atomic mass is 16.5. The Kier molecular flexibility index (Phi) is 5.71. The fourth-order valence-corrected chi connectivity index (χ4v) is 2.77. The molecule has 2 nitrogen and oxygen atoms in total. The summed E-state index contributed by atoms with van der Waals surface area (Å²) in [4.78, 5) is 0. The molecule has 2 unspecified atom stereocenters. The number of ether oxygens (including phenoxy) is 1. The lowest BCUT2D eigenvalue weighted by Crippen LogP contribution is -2.32. The number of benzene rings is 1. The quantitative estimate of drug-likeness (QED) is 0.746. The minimum absolute atomic E-state index is 0.610. The molecule has 0 radical (unpaired) electrons. The first-order valence-corrected chi connectivity index (χ1v) is 7.76. The van der Waals surface area contributed by atoms with Crippen molar-refractivity contribution < 1.29 is 4.74 Å². The lowest BCUT2D eigenvalue weighted by Gasteiger charge is -2.27. The first-order valence-electron chi connectivity index (χ1n) is 7.76. The molecule has 0 bridgehead atoms. The van der Waals surface area contributed by atoms with Gasteiger partial charge >= 0.3 is 0 Å². The Labute approximate surface area is 117 Å². The Balaban J connectivity index is 1.80. The van der Waals surface area contributed by atoms with Crippen molar-refractivity contribution in [2.24, 2.45) is 0 Å². The van der Waals surface area contributed by atoms with Gasteiger partial charge in [0.1, 0.15) is 5.75 Å². The maximum Gasteiger partial charge on any atom is 0.122 e. The Morgan fingerprint density at radius 1 is 1.32 bits per heavy atom. The summed E-state index contributed by atoms with van der Waals surface area (Å²) in [5.41, 5.74) is 1.38. The monoisotopic (exact) mass is 261 g/mol. The molecule has 0 spiro atoms. The molecule has 1 heterocycles. The molecular weight excluding hydrogens is 234 g/mol. The van der Waals surface area contributed by atoms with E-state index >= 15 is 0 Å². The van der Waals surface area contributed by atoms with Crippen LogP contribution in [0.4, 0.5) is 0 Å². The van der Waals surface area contributed by atoms with Crippen LogP contribution >= 0.6 is 0 Å². The van der Waals surface area contributed by atoms with Gasteiger partial charge in [-0.05, 0) is 31.4 Å². The zero-order valence-corrected chi connectivity index (χ0v) is 12.3. The SMILES string of the molecule is CCCCCC(C)NCC1CCOc2ccccc21. The third-order valence-corrected chi connectivity index (χ3v) is 4.04. The van der Waals surface area contributed by atoms with Gasteiger partial charge in [-0.25, -0.2) is 0 Å². The van der Waals surface area contributed by atoms with Gasteiger partial charge in [0.05, 0.1) is 6.61 Å². The van der Waals surface area contributed by atoms with Gasteiger partial charge in [-0.2, -0.15) is 0 Å². The number of hydrogen-bond donors (Lipinski definition) is 1. The molecule has 0 aliphatic carbocycles. The third kappa shape index (κ3) is 4.24. The molecule has 1 aromatic rings. The fourth-order valence-electron chi connectivity index (χ4n) is 2.77. The van der Waals surface area contributed by atoms with Crippen LogP contribution in [0.2, 0.25) is 0 Å². The van der Waals surface area contributed by atoms with Crippen molar-refractivity contribution in [3.63, 3.8) is 0 Å². The number of unbranched alkanes of at least 4 members (excludes halogenated alkanes) is 2. The number of nitrogens with one attached hydrogen (secondary N) is 1. The predicted molar refractivity (Wildman–Crippen MR) is 80.9 cm³/mol. The van der Waals surface area contributed by atoms with Crippen LogP contribution in [-0.2, 0) is 0 Å². The molecule has 1 aliphatic rings. The standard InChI is InChI=1S/C17H27NO/c1-3-4-5-8-14(2)18-13-15-11-12-19-17-10-7-6-9-16(15)17/h6-7,9-10,14-15,18H,3-5,8,11-13H2,1-2H3. The second-order valence-corrected chi connectivity index (χ2v) is 5.68. The minimum Gasteiger partial charge on any atom is -0.493 e. The molecule has 19 heavy (non-hydrogen) atoms. The van der Waals surface area contributed by atoms with E-state index in [1.54, 1.807) is 0 Å². The average Bonchev–Trinajstić information content (AvgIpc) is 2.45. The van der Waals surface area contributed by atoms with Crippen LogP contribution in [-0.4, -0.2) is 19.2 Å². The number of para-hydroxylation sites is 1. The summed E-state index contributed by atoms with van der Waals surface area (Å²) in [6.07, 6.45) is 6.42. The van der Waals surface area contributed by atoms with Gasteiger partial charge < -0.3 is 10.1 Å². The van der Waals surface area contributed by atoms with Crippen LogP contribution in [0.15, 0.2) is 24.3 Å². The van der Waals surface area contributed by atoms with Crippen molar-refractivity contribution in [2.45, 2.75) is 57.9 Å². The van der Waals surface area contributed by atoms with Crippen LogP contribution in [0, 0.1) is 0 Å². The summed E-state index contributed by atoms with van der Waals surface area (Å²) in [6, 6.07) is 9.10. The molecule has 1 aromatic carbocycles. The van der Waals surface area contributed by atoms with Crippen LogP contribution in [0.1, 0.15) is 57.4 Å². The first-order chi connectivity index (χ1) is 9.31. The molecule has 2 heteroatoms. The van der Waals surface area contributed by atoms with Gasteiger partial charge in [0.25, 0.3) is 0 Å². The van der Waals surface area contributed by atoms with E-state index in [9.17, 15) is 0 Å². The average molecular weight is 261 g/mol. The van der Waals surface area contributed by atoms with E-state index in [-0.39, 0.29) is 0 Å². The Morgan fingerprint density at radius 3 is 3.00 bits per heavy atom. The first kappa shape index (κ1) is 14.4. The zero-order valence-electron chi connectivity index (χ0n) is 12.3. The van der Waals surface area contributed by atoms with Crippen molar-refractivity contribution >= 4 is 0 Å². The molecule has 0 aromatic heterocycles. The van der Waals surface area contributed by atoms with Gasteiger partial charge in [0.15, 0.2) is 0 Å². The lowest BCUT2D eigenvalue weighted by molar-refractivity contribution is 0.262. The van der Waals surface area contributed by atoms with Gasteiger partial charge in [-0.15, -0.1) is 0 Å². The summed E-state index contributed by atoms with van der Waals surface area (Å²) in [6.45, 7) is 6.50. The molecule has 0 saturated carbocycles. The van der Waals surface area contributed by atoms with E-state index < -0.39 is 0 Å². The zero-order chi connectivity index (χ0) is 13.5. The maximum atomic E-state index is 5.71. The topological polar surface area (TPSA) is 21.3 Å². The van der Waals surface area contributed by atoms with E-state index in [0.29, 0.717) is 12.0 Å². The molecule has 2 atom stereocenters. The van der Waals surface area contributed by atoms with Crippen LogP contribution in [0.5, 0.6) is 5.75 Å². The summed E-state index contributed by atoms with van der Waals surface area (Å²) in [7, 11) is 0. The van der Waals surface area contributed by atoms with Crippen molar-refractivity contribution in [1.29, 1.82) is 0 Å². The second-order valence-electron chi connectivity index (χ2n) is 5.68. The highest BCUT2D eigenvalue weighted by Gasteiger charge is 2.20. The fraction of sp³-hybridized carbons (Fsp3) is 0.647. The predicted octanol–water partition coefficient (Wildman–Crippen LogP) is 4.11. The van der Waals surface area contributed by atoms with Crippen molar-refractivity contribution in [2.75, 3.05) is 13.2 Å². The van der Waals surface area contributed by atoms with Gasteiger partial charge in [0.2, 0.25) is 0 Å². The third-order valence-electron chi connectivity index (χ3n) is 4.04. The van der Waals surface area contributed by atoms with Crippen LogP contribution < -0.4 is 10.1 Å². The van der Waals surface area contributed by atoms with Gasteiger partial charge in [0, 0.05) is 18.5 Å². The second kappa shape index (κ2) is 7.54. The summed E-state index contributed by atoms with van der Waals surface area (Å²) >= 11 is 0. The Morgan fingerprint density at radius 2 is 2.16 bits per heavy atom. The van der Waals surface area contributed by atoms with E-state index in [0.717, 1.165) is 25.3 Å². The van der Waals surface area contributed by atoms with Crippen molar-refractivity contribution in [1.82, 2.24) is 5.32 Å². The van der Waals surface area contributed by atoms with Gasteiger partial charge in [-0.3, -0.25) is 0 Å². The molecule has 2 rings (SSSR count). The molecule has 106 valence electrons. The highest BCUT2D eigenvalue weighted by Crippen LogP contribution is 2.32. The van der Waals surface area contributed by atoms with E-state index in [4.69, 9.17) is 4.74 Å². The largest absolute Gasteiger partial charge is 0.493 e. The van der Waals surface area contributed by atoms with E-state index in [2.05, 4.69) is 43.4 Å². The smallest absolute Gasteiger partial charge is 0.122 e. The van der Waals surface area contributed by atoms with E-state index in [1.165, 1.54) is 31.2 Å². The summed E-state index contributed by atoms with van der Waals surface area (Å²) < 4.78 is 5.71. The summed E-state index contributed by atoms with van der Waals surface area (Å²) in [5, 5.41) is 3.70. The Hall–Kier alpha value is -1.02. The number of hydrogen-bond acceptors (Lipinski definition) is 2. The van der Waals surface area contributed by atoms with E-state index in [1.807, 2.05) is 0 Å². The molecule has 0 amide bonds. The number of rotatable bonds is 7. The maximum absolute atomic E-state index is 5.71. The van der Waals surface area contributed by atoms with Crippen LogP contribution in [0.25, 0.3) is 0 Å². The molecule has 0 saturated heterocycles. The molecule has 1 aliphatic heterocycles. The normalized spacial score (nSPS) is 19.6.